The number of carbonyl (C=O) groups is 1. The van der Waals surface area contributed by atoms with E-state index in [1.54, 1.807) is 0 Å². The summed E-state index contributed by atoms with van der Waals surface area (Å²) in [6.07, 6.45) is 8.55. The van der Waals surface area contributed by atoms with Crippen LogP contribution >= 0.6 is 0 Å². The second-order valence-corrected chi connectivity index (χ2v) is 12.0. The molecule has 2 aliphatic rings. The molecule has 238 valence electrons. The number of nitrogens with zero attached hydrogens (tertiary/aromatic N) is 2. The van der Waals surface area contributed by atoms with E-state index in [2.05, 4.69) is 69.9 Å². The van der Waals surface area contributed by atoms with Crippen molar-refractivity contribution in [3.05, 3.63) is 150 Å². The number of methoxy groups -OCH3 is 1. The standard InChI is InChI=1S/C42H33N5O2/c1-49-42(48)38(25-27-11-5-2-6-12-27)47-41-36-23-21-34(45-36)39(28-13-7-3-8-14-28)32-19-17-30(43-32)26-31-18-20-33(44-31)40(29-15-9-4-10-16-29)35-22-24-37(41)46-35/h2-24,26,38,43,46-47H,25H2,1H3/t38-/m1/s1. The molecular formula is C42H33N5O2. The maximum absolute atomic E-state index is 13.3. The fourth-order valence-corrected chi connectivity index (χ4v) is 6.47. The molecule has 1 atom stereocenters. The molecule has 0 fully saturated rings. The molecule has 0 unspecified atom stereocenters. The predicted molar refractivity (Wildman–Crippen MR) is 199 cm³/mol. The summed E-state index contributed by atoms with van der Waals surface area (Å²) in [5, 5.41) is 3.56. The van der Waals surface area contributed by atoms with Gasteiger partial charge in [-0.25, -0.2) is 14.8 Å². The molecule has 7 heteroatoms. The highest BCUT2D eigenvalue weighted by Crippen LogP contribution is 2.35. The Labute approximate surface area is 283 Å². The van der Waals surface area contributed by atoms with Crippen molar-refractivity contribution in [2.24, 2.45) is 0 Å². The number of hydrogen-bond donors (Lipinski definition) is 3. The van der Waals surface area contributed by atoms with E-state index in [0.29, 0.717) is 17.8 Å². The third kappa shape index (κ3) is 6.05. The van der Waals surface area contributed by atoms with Gasteiger partial charge in [-0.05, 0) is 71.3 Å². The van der Waals surface area contributed by atoms with Crippen LogP contribution in [0.3, 0.4) is 0 Å². The molecule has 3 aromatic carbocycles. The second kappa shape index (κ2) is 13.0. The molecule has 0 aliphatic carbocycles. The van der Waals surface area contributed by atoms with Gasteiger partial charge in [-0.15, -0.1) is 0 Å². The zero-order valence-corrected chi connectivity index (χ0v) is 26.9. The van der Waals surface area contributed by atoms with Crippen LogP contribution in [0.25, 0.3) is 68.6 Å². The number of rotatable bonds is 7. The van der Waals surface area contributed by atoms with Gasteiger partial charge in [0.25, 0.3) is 0 Å². The minimum absolute atomic E-state index is 0.362. The van der Waals surface area contributed by atoms with Gasteiger partial charge in [0, 0.05) is 34.1 Å². The number of benzene rings is 3. The molecule has 0 saturated carbocycles. The van der Waals surface area contributed by atoms with Gasteiger partial charge in [0.15, 0.2) is 0 Å². The Morgan fingerprint density at radius 2 is 1.22 bits per heavy atom. The van der Waals surface area contributed by atoms with Gasteiger partial charge in [0.2, 0.25) is 0 Å². The molecule has 7 nitrogen and oxygen atoms in total. The molecule has 49 heavy (non-hydrogen) atoms. The quantitative estimate of drug-likeness (QED) is 0.151. The third-order valence-electron chi connectivity index (χ3n) is 8.79. The number of anilines is 1. The van der Waals surface area contributed by atoms with Crippen molar-refractivity contribution in [1.82, 2.24) is 19.9 Å². The highest BCUT2D eigenvalue weighted by atomic mass is 16.5. The molecule has 0 spiro atoms. The van der Waals surface area contributed by atoms with Crippen LogP contribution in [0.1, 0.15) is 28.3 Å². The van der Waals surface area contributed by atoms with Crippen molar-refractivity contribution >= 4 is 58.0 Å². The lowest BCUT2D eigenvalue weighted by molar-refractivity contribution is -0.141. The Kier molecular flexibility index (Phi) is 7.91. The highest BCUT2D eigenvalue weighted by Gasteiger charge is 2.23. The van der Waals surface area contributed by atoms with Crippen LogP contribution in [-0.4, -0.2) is 39.1 Å². The van der Waals surface area contributed by atoms with Crippen LogP contribution in [0.2, 0.25) is 0 Å². The summed E-state index contributed by atoms with van der Waals surface area (Å²) in [6.45, 7) is 0. The topological polar surface area (TPSA) is 95.7 Å². The maximum Gasteiger partial charge on any atom is 0.328 e. The summed E-state index contributed by atoms with van der Waals surface area (Å²) in [6, 6.07) is 40.0. The average Bonchev–Trinajstić information content (AvgIpc) is 3.98. The Bertz CT molecular complexity index is 2350. The van der Waals surface area contributed by atoms with Gasteiger partial charge in [-0.2, -0.15) is 0 Å². The average molecular weight is 640 g/mol. The minimum atomic E-state index is -0.671. The van der Waals surface area contributed by atoms with Crippen LogP contribution in [0.5, 0.6) is 0 Å². The number of nitrogens with one attached hydrogen (secondary N) is 3. The van der Waals surface area contributed by atoms with E-state index >= 15 is 0 Å². The van der Waals surface area contributed by atoms with E-state index in [9.17, 15) is 4.79 Å². The van der Waals surface area contributed by atoms with Crippen molar-refractivity contribution < 1.29 is 9.53 Å². The number of H-pyrrole nitrogens is 2. The Morgan fingerprint density at radius 1 is 0.653 bits per heavy atom. The zero-order chi connectivity index (χ0) is 33.2. The van der Waals surface area contributed by atoms with Crippen LogP contribution < -0.4 is 5.32 Å². The fraction of sp³-hybridized carbons (Fsp3) is 0.0714. The Balaban J connectivity index is 1.44. The number of aromatic amines is 2. The molecule has 6 aromatic rings. The highest BCUT2D eigenvalue weighted by molar-refractivity contribution is 5.97. The van der Waals surface area contributed by atoms with E-state index < -0.39 is 6.04 Å². The molecule has 0 amide bonds. The van der Waals surface area contributed by atoms with Crippen molar-refractivity contribution in [3.8, 4) is 22.3 Å². The van der Waals surface area contributed by atoms with Crippen molar-refractivity contribution in [1.29, 1.82) is 0 Å². The van der Waals surface area contributed by atoms with E-state index in [4.69, 9.17) is 14.7 Å². The SMILES string of the molecule is COC(=O)[C@@H](Cc1ccccc1)Nc1c2nc(c(-c3ccccc3)c3ccc(cc4nc(c(-c5ccccc5)c5ccc1[nH]5)C=C4)[nH]3)C=C2. The smallest absolute Gasteiger partial charge is 0.328 e. The largest absolute Gasteiger partial charge is 0.467 e. The lowest BCUT2D eigenvalue weighted by Crippen LogP contribution is -2.33. The first-order valence-electron chi connectivity index (χ1n) is 16.3. The molecule has 0 radical (unpaired) electrons. The van der Waals surface area contributed by atoms with Crippen molar-refractivity contribution in [2.75, 3.05) is 12.4 Å². The molecule has 0 saturated heterocycles. The zero-order valence-electron chi connectivity index (χ0n) is 26.9. The summed E-state index contributed by atoms with van der Waals surface area (Å²) >= 11 is 0. The molecule has 3 N–H and O–H groups in total. The fourth-order valence-electron chi connectivity index (χ4n) is 6.47. The predicted octanol–water partition coefficient (Wildman–Crippen LogP) is 9.19. The van der Waals surface area contributed by atoms with Crippen LogP contribution in [0.4, 0.5) is 5.69 Å². The number of carbonyl (C=O) groups excluding carboxylic acids is 1. The van der Waals surface area contributed by atoms with Crippen molar-refractivity contribution in [2.45, 2.75) is 12.5 Å². The van der Waals surface area contributed by atoms with E-state index in [0.717, 1.165) is 67.0 Å². The number of esters is 1. The lowest BCUT2D eigenvalue weighted by Gasteiger charge is -2.18. The summed E-state index contributed by atoms with van der Waals surface area (Å²) in [7, 11) is 1.42. The van der Waals surface area contributed by atoms with Crippen LogP contribution in [-0.2, 0) is 16.0 Å². The maximum atomic E-state index is 13.3. The number of fused-ring (bicyclic) bond motifs is 8. The summed E-state index contributed by atoms with van der Waals surface area (Å²) in [4.78, 5) is 30.9. The summed E-state index contributed by atoms with van der Waals surface area (Å²) in [5.41, 5.74) is 12.4. The normalized spacial score (nSPS) is 12.5. The van der Waals surface area contributed by atoms with Crippen molar-refractivity contribution in [3.63, 3.8) is 0 Å². The molecule has 3 aromatic heterocycles. The van der Waals surface area contributed by atoms with Crippen LogP contribution in [0.15, 0.2) is 121 Å². The van der Waals surface area contributed by atoms with Gasteiger partial charge < -0.3 is 20.0 Å². The third-order valence-corrected chi connectivity index (χ3v) is 8.79. The second-order valence-electron chi connectivity index (χ2n) is 12.0. The van der Waals surface area contributed by atoms with Gasteiger partial charge in [-0.1, -0.05) is 91.0 Å². The first-order chi connectivity index (χ1) is 24.1. The first kappa shape index (κ1) is 29.9. The van der Waals surface area contributed by atoms with Gasteiger partial charge in [0.05, 0.1) is 41.1 Å². The van der Waals surface area contributed by atoms with Gasteiger partial charge in [-0.3, -0.25) is 0 Å². The molecule has 8 rings (SSSR count). The molecule has 2 aliphatic heterocycles. The molecule has 5 heterocycles. The summed E-state index contributed by atoms with van der Waals surface area (Å²) < 4.78 is 5.31. The number of aromatic nitrogens is 4. The first-order valence-corrected chi connectivity index (χ1v) is 16.3. The van der Waals surface area contributed by atoms with E-state index in [1.165, 1.54) is 7.11 Å². The monoisotopic (exact) mass is 639 g/mol. The molecular weight excluding hydrogens is 606 g/mol. The van der Waals surface area contributed by atoms with Crippen LogP contribution in [0, 0.1) is 0 Å². The lowest BCUT2D eigenvalue weighted by atomic mass is 10.0. The Hall–Kier alpha value is -6.47. The number of ether oxygens (including phenoxy) is 1. The number of hydrogen-bond acceptors (Lipinski definition) is 5. The van der Waals surface area contributed by atoms with E-state index in [-0.39, 0.29) is 5.97 Å². The summed E-state index contributed by atoms with van der Waals surface area (Å²) in [5.74, 6) is -0.362. The van der Waals surface area contributed by atoms with Gasteiger partial charge in [0.1, 0.15) is 6.04 Å². The van der Waals surface area contributed by atoms with E-state index in [1.807, 2.05) is 91.0 Å². The Morgan fingerprint density at radius 3 is 1.92 bits per heavy atom. The van der Waals surface area contributed by atoms with Gasteiger partial charge >= 0.3 is 5.97 Å². The molecule has 8 bridgehead atoms. The minimum Gasteiger partial charge on any atom is -0.467 e.